The fraction of sp³-hybridized carbons (Fsp3) is 0.579. The fourth-order valence-electron chi connectivity index (χ4n) is 2.39. The first-order valence-electron chi connectivity index (χ1n) is 9.01. The number of rotatable bonds is 10. The molecule has 0 bridgehead atoms. The standard InChI is InChI=1S/C19H30N4O3.HI/c1-20-19(23(2)10-11-26-14-16-4-5-16)22-13-18(24)21-12-15-6-8-17(25-3)9-7-15;/h6-9,16H,4-5,10-14H2,1-3H3,(H,20,22)(H,21,24);1H. The lowest BCUT2D eigenvalue weighted by Crippen LogP contribution is -2.44. The summed E-state index contributed by atoms with van der Waals surface area (Å²) in [5.74, 6) is 2.17. The molecule has 27 heavy (non-hydrogen) atoms. The van der Waals surface area contributed by atoms with Crippen LogP contribution in [-0.2, 0) is 16.1 Å². The molecule has 1 amide bonds. The van der Waals surface area contributed by atoms with Gasteiger partial charge < -0.3 is 25.0 Å². The van der Waals surface area contributed by atoms with Crippen LogP contribution < -0.4 is 15.4 Å². The van der Waals surface area contributed by atoms with E-state index in [1.165, 1.54) is 12.8 Å². The maximum atomic E-state index is 12.0. The van der Waals surface area contributed by atoms with Crippen LogP contribution in [0, 0.1) is 5.92 Å². The van der Waals surface area contributed by atoms with Crippen LogP contribution in [0.4, 0.5) is 0 Å². The Morgan fingerprint density at radius 3 is 2.56 bits per heavy atom. The SMILES string of the molecule is CN=C(NCC(=O)NCc1ccc(OC)cc1)N(C)CCOCC1CC1.I. The van der Waals surface area contributed by atoms with Gasteiger partial charge in [-0.15, -0.1) is 24.0 Å². The molecule has 1 fully saturated rings. The van der Waals surface area contributed by atoms with Gasteiger partial charge in [-0.1, -0.05) is 12.1 Å². The van der Waals surface area contributed by atoms with Crippen molar-refractivity contribution in [2.45, 2.75) is 19.4 Å². The molecule has 0 aliphatic heterocycles. The second-order valence-corrected chi connectivity index (χ2v) is 6.47. The molecule has 0 radical (unpaired) electrons. The number of guanidine groups is 1. The Bertz CT molecular complexity index is 591. The Balaban J connectivity index is 0.00000364. The van der Waals surface area contributed by atoms with Crippen molar-refractivity contribution in [3.8, 4) is 5.75 Å². The van der Waals surface area contributed by atoms with Crippen molar-refractivity contribution < 1.29 is 14.3 Å². The summed E-state index contributed by atoms with van der Waals surface area (Å²) in [4.78, 5) is 18.2. The van der Waals surface area contributed by atoms with Crippen LogP contribution in [0.15, 0.2) is 29.3 Å². The number of hydrogen-bond donors (Lipinski definition) is 2. The number of nitrogens with zero attached hydrogens (tertiary/aromatic N) is 2. The van der Waals surface area contributed by atoms with Gasteiger partial charge in [0.25, 0.3) is 0 Å². The largest absolute Gasteiger partial charge is 0.497 e. The number of methoxy groups -OCH3 is 1. The van der Waals surface area contributed by atoms with Gasteiger partial charge in [-0.3, -0.25) is 9.79 Å². The molecule has 0 spiro atoms. The number of hydrogen-bond acceptors (Lipinski definition) is 4. The first-order chi connectivity index (χ1) is 12.6. The summed E-state index contributed by atoms with van der Waals surface area (Å²) in [5, 5.41) is 5.96. The Morgan fingerprint density at radius 2 is 1.96 bits per heavy atom. The highest BCUT2D eigenvalue weighted by Crippen LogP contribution is 2.28. The van der Waals surface area contributed by atoms with E-state index in [0.717, 1.165) is 30.4 Å². The van der Waals surface area contributed by atoms with E-state index in [1.54, 1.807) is 14.2 Å². The summed E-state index contributed by atoms with van der Waals surface area (Å²) in [6.45, 7) is 2.91. The summed E-state index contributed by atoms with van der Waals surface area (Å²) in [6.07, 6.45) is 2.59. The molecule has 1 aromatic rings. The number of ether oxygens (including phenoxy) is 2. The highest BCUT2D eigenvalue weighted by molar-refractivity contribution is 14.0. The summed E-state index contributed by atoms with van der Waals surface area (Å²) in [7, 11) is 5.27. The number of likely N-dealkylation sites (N-methyl/N-ethyl adjacent to an activating group) is 1. The zero-order chi connectivity index (χ0) is 18.8. The maximum absolute atomic E-state index is 12.0. The molecule has 7 nitrogen and oxygen atoms in total. The minimum Gasteiger partial charge on any atom is -0.497 e. The monoisotopic (exact) mass is 490 g/mol. The van der Waals surface area contributed by atoms with Crippen molar-refractivity contribution >= 4 is 35.8 Å². The normalized spacial score (nSPS) is 13.5. The summed E-state index contributed by atoms with van der Waals surface area (Å²) in [5.41, 5.74) is 1.02. The molecule has 152 valence electrons. The molecule has 1 aliphatic rings. The van der Waals surface area contributed by atoms with Crippen LogP contribution in [0.3, 0.4) is 0 Å². The molecule has 1 saturated carbocycles. The molecule has 8 heteroatoms. The van der Waals surface area contributed by atoms with Crippen molar-refractivity contribution in [3.05, 3.63) is 29.8 Å². The van der Waals surface area contributed by atoms with Crippen molar-refractivity contribution in [1.29, 1.82) is 0 Å². The zero-order valence-electron chi connectivity index (χ0n) is 16.4. The smallest absolute Gasteiger partial charge is 0.239 e. The molecular formula is C19H31IN4O3. The van der Waals surface area contributed by atoms with Gasteiger partial charge in [0.2, 0.25) is 5.91 Å². The van der Waals surface area contributed by atoms with Gasteiger partial charge in [0.05, 0.1) is 20.3 Å². The van der Waals surface area contributed by atoms with Crippen molar-refractivity contribution in [1.82, 2.24) is 15.5 Å². The van der Waals surface area contributed by atoms with Gasteiger partial charge >= 0.3 is 0 Å². The first-order valence-corrected chi connectivity index (χ1v) is 9.01. The third-order valence-corrected chi connectivity index (χ3v) is 4.25. The molecule has 0 atom stereocenters. The number of aliphatic imine (C=N–C) groups is 1. The van der Waals surface area contributed by atoms with Gasteiger partial charge in [-0.25, -0.2) is 0 Å². The minimum atomic E-state index is -0.0830. The average Bonchev–Trinajstić information content (AvgIpc) is 3.49. The van der Waals surface area contributed by atoms with E-state index in [2.05, 4.69) is 15.6 Å². The fourth-order valence-corrected chi connectivity index (χ4v) is 2.39. The predicted molar refractivity (Wildman–Crippen MR) is 118 cm³/mol. The van der Waals surface area contributed by atoms with E-state index in [9.17, 15) is 4.79 Å². The quantitative estimate of drug-likeness (QED) is 0.227. The molecule has 2 N–H and O–H groups in total. The van der Waals surface area contributed by atoms with E-state index in [0.29, 0.717) is 19.1 Å². The molecule has 1 aromatic carbocycles. The lowest BCUT2D eigenvalue weighted by atomic mass is 10.2. The van der Waals surface area contributed by atoms with Gasteiger partial charge in [0.1, 0.15) is 5.75 Å². The summed E-state index contributed by atoms with van der Waals surface area (Å²) in [6, 6.07) is 7.62. The Kier molecular flexibility index (Phi) is 11.1. The lowest BCUT2D eigenvalue weighted by molar-refractivity contribution is -0.120. The highest BCUT2D eigenvalue weighted by Gasteiger charge is 2.21. The molecule has 0 heterocycles. The van der Waals surface area contributed by atoms with Gasteiger partial charge in [0, 0.05) is 33.8 Å². The van der Waals surface area contributed by atoms with E-state index in [-0.39, 0.29) is 36.4 Å². The Morgan fingerprint density at radius 1 is 1.26 bits per heavy atom. The van der Waals surface area contributed by atoms with Crippen molar-refractivity contribution in [2.24, 2.45) is 10.9 Å². The minimum absolute atomic E-state index is 0. The lowest BCUT2D eigenvalue weighted by Gasteiger charge is -2.21. The molecule has 2 rings (SSSR count). The number of carbonyl (C=O) groups is 1. The molecule has 1 aliphatic carbocycles. The number of amides is 1. The number of nitrogens with one attached hydrogen (secondary N) is 2. The number of halogens is 1. The van der Waals surface area contributed by atoms with Crippen LogP contribution >= 0.6 is 24.0 Å². The van der Waals surface area contributed by atoms with Crippen LogP contribution in [0.2, 0.25) is 0 Å². The van der Waals surface area contributed by atoms with Crippen LogP contribution in [0.5, 0.6) is 5.75 Å². The Hall–Kier alpha value is -1.55. The van der Waals surface area contributed by atoms with Gasteiger partial charge in [0.15, 0.2) is 5.96 Å². The summed E-state index contributed by atoms with van der Waals surface area (Å²) < 4.78 is 10.8. The third-order valence-electron chi connectivity index (χ3n) is 4.25. The maximum Gasteiger partial charge on any atom is 0.239 e. The van der Waals surface area contributed by atoms with E-state index >= 15 is 0 Å². The third kappa shape index (κ3) is 9.28. The van der Waals surface area contributed by atoms with Gasteiger partial charge in [-0.2, -0.15) is 0 Å². The number of carbonyl (C=O) groups excluding carboxylic acids is 1. The van der Waals surface area contributed by atoms with E-state index in [1.807, 2.05) is 36.2 Å². The second-order valence-electron chi connectivity index (χ2n) is 6.47. The van der Waals surface area contributed by atoms with E-state index in [4.69, 9.17) is 9.47 Å². The molecular weight excluding hydrogens is 459 g/mol. The second kappa shape index (κ2) is 12.8. The zero-order valence-corrected chi connectivity index (χ0v) is 18.7. The van der Waals surface area contributed by atoms with Crippen molar-refractivity contribution in [3.63, 3.8) is 0 Å². The molecule has 0 unspecified atom stereocenters. The van der Waals surface area contributed by atoms with Crippen LogP contribution in [0.1, 0.15) is 18.4 Å². The first kappa shape index (κ1) is 23.5. The van der Waals surface area contributed by atoms with Gasteiger partial charge in [-0.05, 0) is 36.5 Å². The topological polar surface area (TPSA) is 75.2 Å². The van der Waals surface area contributed by atoms with Crippen LogP contribution in [-0.4, -0.2) is 64.3 Å². The Labute approximate surface area is 178 Å². The van der Waals surface area contributed by atoms with Crippen LogP contribution in [0.25, 0.3) is 0 Å². The predicted octanol–water partition coefficient (Wildman–Crippen LogP) is 1.86. The summed E-state index contributed by atoms with van der Waals surface area (Å²) >= 11 is 0. The molecule has 0 saturated heterocycles. The van der Waals surface area contributed by atoms with E-state index < -0.39 is 0 Å². The number of benzene rings is 1. The van der Waals surface area contributed by atoms with Crippen molar-refractivity contribution in [2.75, 3.05) is 47.5 Å². The highest BCUT2D eigenvalue weighted by atomic mass is 127. The molecule has 0 aromatic heterocycles. The average molecular weight is 490 g/mol.